The third kappa shape index (κ3) is 35.7. The average molecular weight is 1650 g/mol. The fraction of sp³-hybridized carbons (Fsp3) is 0.905. The molecular formula is C42H122O34Si17. The maximum atomic E-state index is 9.41. The van der Waals surface area contributed by atoms with Crippen LogP contribution in [0.5, 0.6) is 0 Å². The Morgan fingerprint density at radius 2 is 0.677 bits per heavy atom. The van der Waals surface area contributed by atoms with Crippen molar-refractivity contribution in [3.05, 3.63) is 24.6 Å². The van der Waals surface area contributed by atoms with Crippen LogP contribution in [0.1, 0.15) is 35.1 Å². The first kappa shape index (κ1) is 101. The second-order valence-electron chi connectivity index (χ2n) is 21.1. The summed E-state index contributed by atoms with van der Waals surface area (Å²) in [4.78, 5) is 18.8. The highest BCUT2D eigenvalue weighted by molar-refractivity contribution is 6.88. The summed E-state index contributed by atoms with van der Waals surface area (Å²) in [5, 5.41) is 0. The summed E-state index contributed by atoms with van der Waals surface area (Å²) < 4.78 is 177. The van der Waals surface area contributed by atoms with E-state index in [0.717, 1.165) is 0 Å². The van der Waals surface area contributed by atoms with Gasteiger partial charge in [-0.2, -0.15) is 0 Å². The van der Waals surface area contributed by atoms with Crippen LogP contribution in [0.15, 0.2) is 24.6 Å². The van der Waals surface area contributed by atoms with Gasteiger partial charge in [0, 0.05) is 139 Å². The zero-order valence-electron chi connectivity index (χ0n) is 61.0. The van der Waals surface area contributed by atoms with Gasteiger partial charge in [0.05, 0.1) is 0 Å². The number of hydrogen-bond acceptors (Lipinski definition) is 34. The van der Waals surface area contributed by atoms with E-state index in [4.69, 9.17) is 120 Å². The predicted octanol–water partition coefficient (Wildman–Crippen LogP) is 3.51. The van der Waals surface area contributed by atoms with Gasteiger partial charge in [0.15, 0.2) is 53.5 Å². The van der Waals surface area contributed by atoms with Crippen molar-refractivity contribution < 1.29 is 147 Å². The van der Waals surface area contributed by atoms with E-state index in [1.807, 2.05) is 27.7 Å². The molecule has 562 valence electrons. The second-order valence-corrected chi connectivity index (χ2v) is 67.4. The lowest BCUT2D eigenvalue weighted by atomic mass is 10.5. The number of rotatable bonds is 40. The molecular weight excluding hydrogens is 1530 g/mol. The van der Waals surface area contributed by atoms with Crippen LogP contribution >= 0.6 is 0 Å². The van der Waals surface area contributed by atoms with Gasteiger partial charge in [-0.3, -0.25) is 0 Å². The van der Waals surface area contributed by atoms with Gasteiger partial charge >= 0.3 is 98.8 Å². The van der Waals surface area contributed by atoms with Crippen molar-refractivity contribution in [2.45, 2.75) is 138 Å². The van der Waals surface area contributed by atoms with Crippen LogP contribution in [0.25, 0.3) is 0 Å². The molecule has 0 bridgehead atoms. The van der Waals surface area contributed by atoms with Gasteiger partial charge in [-0.25, -0.2) is 0 Å². The van der Waals surface area contributed by atoms with Gasteiger partial charge < -0.3 is 147 Å². The standard InChI is InChI=1S/C16H46O12Si7.C9H28O4Si4.C7H18O8Si3.C5H12O3Si.C4H14O7Si2.CH4/c1-16(2)22-35(23-29(8)9,24-30(10)11)25-31(12,13)14-15-32(17-3)26-33(18-4,19-5)28-34(20-6,21-7)27-32;1-9(2)10-17(11-14(3)4,12-15(5)6)13-16(7)8;1-7-16(8-2)13-17(9-3,10-4)15-18(11-5,12-6)14-16;1-5-9(6-2,7-3)8-4;1-7-12(5,8-2)11-13(6,9-3)10-4;/h16,29-30H,14-15H2,1-13H3;9,14-16H,1-8H3;7H,1H2,2-6H3;5H,1H2,2-4H3;5-6H,1-4H3;1H4. The molecule has 0 unspecified atom stereocenters. The van der Waals surface area contributed by atoms with Crippen LogP contribution in [-0.2, 0) is 138 Å². The molecule has 0 aliphatic carbocycles. The van der Waals surface area contributed by atoms with E-state index in [0.29, 0.717) is 12.1 Å². The highest BCUT2D eigenvalue weighted by atomic mass is 28.6. The third-order valence-corrected chi connectivity index (χ3v) is 58.5. The summed E-state index contributed by atoms with van der Waals surface area (Å²) >= 11 is 0. The minimum absolute atomic E-state index is 0. The van der Waals surface area contributed by atoms with Crippen LogP contribution in [0.3, 0.4) is 0 Å². The average Bonchev–Trinajstić information content (AvgIpc) is 0.762. The van der Waals surface area contributed by atoms with E-state index in [-0.39, 0.29) is 19.6 Å². The van der Waals surface area contributed by atoms with Crippen molar-refractivity contribution in [3.63, 3.8) is 0 Å². The monoisotopic (exact) mass is 1650 g/mol. The van der Waals surface area contributed by atoms with Gasteiger partial charge in [0.25, 0.3) is 0 Å². The molecule has 0 atom stereocenters. The smallest absolute Gasteiger partial charge is 0.398 e. The van der Waals surface area contributed by atoms with Crippen molar-refractivity contribution in [2.24, 2.45) is 0 Å². The van der Waals surface area contributed by atoms with Gasteiger partial charge in [-0.1, -0.05) is 20.6 Å². The lowest BCUT2D eigenvalue weighted by Gasteiger charge is -2.46. The Morgan fingerprint density at radius 1 is 0.398 bits per heavy atom. The van der Waals surface area contributed by atoms with Gasteiger partial charge in [0.2, 0.25) is 0 Å². The van der Waals surface area contributed by atoms with Crippen molar-refractivity contribution in [1.82, 2.24) is 0 Å². The maximum Gasteiger partial charge on any atom is 0.670 e. The molecule has 93 heavy (non-hydrogen) atoms. The van der Waals surface area contributed by atoms with Crippen molar-refractivity contribution >= 4 is 152 Å². The Bertz CT molecular complexity index is 1810. The fourth-order valence-corrected chi connectivity index (χ4v) is 56.5. The molecule has 2 aliphatic rings. The van der Waals surface area contributed by atoms with Crippen LogP contribution < -0.4 is 0 Å². The molecule has 34 nitrogen and oxygen atoms in total. The maximum absolute atomic E-state index is 9.41. The van der Waals surface area contributed by atoms with Crippen molar-refractivity contribution in [3.8, 4) is 0 Å². The molecule has 2 aliphatic heterocycles. The first-order valence-corrected chi connectivity index (χ1v) is 64.6. The molecule has 2 N–H and O–H groups in total. The molecule has 0 aromatic rings. The summed E-state index contributed by atoms with van der Waals surface area (Å²) in [6, 6.07) is 1.00. The second kappa shape index (κ2) is 47.2. The molecule has 2 heterocycles. The van der Waals surface area contributed by atoms with Crippen molar-refractivity contribution in [2.75, 3.05) is 121 Å². The summed E-state index contributed by atoms with van der Waals surface area (Å²) in [5.74, 6) is 0. The zero-order chi connectivity index (χ0) is 72.5. The third-order valence-electron chi connectivity index (χ3n) is 10.9. The van der Waals surface area contributed by atoms with E-state index < -0.39 is 152 Å². The molecule has 2 rings (SSSR count). The number of hydrogen-bond donors (Lipinski definition) is 2. The fourth-order valence-electron chi connectivity index (χ4n) is 6.88. The Kier molecular flexibility index (Phi) is 51.4. The van der Waals surface area contributed by atoms with Crippen LogP contribution in [-0.4, -0.2) is 295 Å². The lowest BCUT2D eigenvalue weighted by molar-refractivity contribution is -0.0561. The minimum Gasteiger partial charge on any atom is -0.398 e. The SMILES string of the molecule is C.C=C[Si](OC)(OC)OC.C=C[Si]1(OC)O[Si](OC)(OC)O[Si](OC)(OC)O1.CC(C)O[Si](O[SiH](C)C)(O[SiH](C)C)O[SiH](C)C.CO[Si](O)(OC)O[Si](O)(OC)OC.CO[Si]1(CC[Si](C)(C)O[Si](OC(C)C)(O[SiH](C)C)O[SiH](C)C)O[Si](OC)(OC)O[Si](OC)(OC)O1. The molecule has 2 saturated heterocycles. The summed E-state index contributed by atoms with van der Waals surface area (Å²) in [7, 11) is -22.5. The highest BCUT2D eigenvalue weighted by Crippen LogP contribution is 2.38. The Hall–Kier alpha value is 1.81. The Labute approximate surface area is 579 Å². The van der Waals surface area contributed by atoms with Crippen LogP contribution in [0, 0.1) is 0 Å². The summed E-state index contributed by atoms with van der Waals surface area (Å²) in [6.07, 6.45) is -0.0196. The van der Waals surface area contributed by atoms with E-state index in [1.165, 1.54) is 105 Å². The molecule has 51 heteroatoms. The molecule has 0 radical (unpaired) electrons. The van der Waals surface area contributed by atoms with Crippen molar-refractivity contribution in [1.29, 1.82) is 0 Å². The topological polar surface area (TPSA) is 336 Å². The van der Waals surface area contributed by atoms with E-state index in [9.17, 15) is 9.59 Å². The minimum atomic E-state index is -3.81. The normalized spacial score (nSPS) is 17.8. The summed E-state index contributed by atoms with van der Waals surface area (Å²) in [6.45, 7) is 40.4. The van der Waals surface area contributed by atoms with Gasteiger partial charge in [0.1, 0.15) is 0 Å². The van der Waals surface area contributed by atoms with E-state index in [2.05, 4.69) is 109 Å². The summed E-state index contributed by atoms with van der Waals surface area (Å²) in [5.41, 5.74) is 3.02. The van der Waals surface area contributed by atoms with Gasteiger partial charge in [-0.05, 0) is 124 Å². The van der Waals surface area contributed by atoms with E-state index in [1.54, 1.807) is 27.0 Å². The molecule has 0 aromatic heterocycles. The van der Waals surface area contributed by atoms with Crippen LogP contribution in [0.2, 0.25) is 90.7 Å². The zero-order valence-corrected chi connectivity index (χ0v) is 78.8. The first-order chi connectivity index (χ1) is 42.4. The Balaban J connectivity index is -0.000000578. The van der Waals surface area contributed by atoms with Crippen LogP contribution in [0.4, 0.5) is 0 Å². The molecule has 2 fully saturated rings. The molecule has 0 saturated carbocycles. The lowest BCUT2D eigenvalue weighted by Crippen LogP contribution is -2.74. The largest absolute Gasteiger partial charge is 0.670 e. The predicted molar refractivity (Wildman–Crippen MR) is 382 cm³/mol. The quantitative estimate of drug-likeness (QED) is 0.0829. The Morgan fingerprint density at radius 3 is 0.882 bits per heavy atom. The first-order valence-electron chi connectivity index (χ1n) is 28.9. The molecule has 0 amide bonds. The van der Waals surface area contributed by atoms with Gasteiger partial charge in [-0.15, -0.1) is 0 Å². The highest BCUT2D eigenvalue weighted by Gasteiger charge is 2.73. The molecule has 0 aromatic carbocycles. The van der Waals surface area contributed by atoms with E-state index >= 15 is 0 Å². The molecule has 0 spiro atoms.